The van der Waals surface area contributed by atoms with E-state index in [9.17, 15) is 9.59 Å². The van der Waals surface area contributed by atoms with Crippen LogP contribution in [-0.4, -0.2) is 27.8 Å². The maximum Gasteiger partial charge on any atom is 0.349 e. The summed E-state index contributed by atoms with van der Waals surface area (Å²) in [6.45, 7) is 4.10. The van der Waals surface area contributed by atoms with E-state index in [0.29, 0.717) is 17.1 Å². The number of benzene rings is 2. The van der Waals surface area contributed by atoms with Crippen molar-refractivity contribution < 1.29 is 14.3 Å². The molecule has 0 saturated heterocycles. The molecule has 4 rings (SSSR count). The molecule has 2 aromatic heterocycles. The van der Waals surface area contributed by atoms with Crippen LogP contribution in [0.4, 0.5) is 5.69 Å². The molecule has 1 N–H and O–H groups in total. The Balaban J connectivity index is 1.48. The Hall–Kier alpha value is -3.45. The largest absolute Gasteiger partial charge is 0.448 e. The minimum Gasteiger partial charge on any atom is -0.448 e. The molecule has 0 radical (unpaired) electrons. The molecular weight excluding hydrogens is 398 g/mol. The van der Waals surface area contributed by atoms with Gasteiger partial charge >= 0.3 is 5.97 Å². The van der Waals surface area contributed by atoms with Crippen molar-refractivity contribution in [2.45, 2.75) is 26.5 Å². The fraction of sp³-hybridized carbons (Fsp3) is 0.174. The number of thiophene rings is 1. The molecule has 4 aromatic rings. The second-order valence-corrected chi connectivity index (χ2v) is 7.99. The van der Waals surface area contributed by atoms with Gasteiger partial charge in [0.25, 0.3) is 5.91 Å². The number of para-hydroxylation sites is 1. The van der Waals surface area contributed by atoms with E-state index in [4.69, 9.17) is 4.74 Å². The van der Waals surface area contributed by atoms with Crippen LogP contribution < -0.4 is 5.32 Å². The first-order chi connectivity index (χ1) is 14.5. The number of aromatic nitrogens is 2. The van der Waals surface area contributed by atoms with E-state index in [1.54, 1.807) is 25.1 Å². The Morgan fingerprint density at radius 3 is 2.47 bits per heavy atom. The summed E-state index contributed by atoms with van der Waals surface area (Å²) in [7, 11) is 0. The summed E-state index contributed by atoms with van der Waals surface area (Å²) in [4.78, 5) is 26.3. The number of anilines is 1. The van der Waals surface area contributed by atoms with Gasteiger partial charge in [0.1, 0.15) is 9.71 Å². The summed E-state index contributed by atoms with van der Waals surface area (Å²) in [6.07, 6.45) is -0.912. The molecule has 30 heavy (non-hydrogen) atoms. The molecule has 152 valence electrons. The first kappa shape index (κ1) is 19.8. The summed E-state index contributed by atoms with van der Waals surface area (Å²) in [5.41, 5.74) is 2.64. The van der Waals surface area contributed by atoms with Gasteiger partial charge in [-0.25, -0.2) is 4.79 Å². The van der Waals surface area contributed by atoms with Crippen LogP contribution >= 0.6 is 11.3 Å². The highest BCUT2D eigenvalue weighted by Gasteiger charge is 2.22. The molecule has 7 heteroatoms. The highest BCUT2D eigenvalue weighted by atomic mass is 32.1. The predicted octanol–water partition coefficient (Wildman–Crippen LogP) is 4.64. The zero-order chi connectivity index (χ0) is 21.1. The molecule has 1 atom stereocenters. The lowest BCUT2D eigenvalue weighted by Gasteiger charge is -2.12. The van der Waals surface area contributed by atoms with Crippen molar-refractivity contribution in [3.05, 3.63) is 82.9 Å². The second kappa shape index (κ2) is 8.51. The Labute approximate surface area is 178 Å². The van der Waals surface area contributed by atoms with E-state index in [2.05, 4.69) is 10.4 Å². The molecule has 1 amide bonds. The third-order valence-corrected chi connectivity index (χ3v) is 5.81. The van der Waals surface area contributed by atoms with Gasteiger partial charge in [-0.15, -0.1) is 11.3 Å². The van der Waals surface area contributed by atoms with Gasteiger partial charge in [0.15, 0.2) is 6.10 Å². The summed E-state index contributed by atoms with van der Waals surface area (Å²) < 4.78 is 7.29. The number of amides is 1. The van der Waals surface area contributed by atoms with Gasteiger partial charge in [0.2, 0.25) is 0 Å². The van der Waals surface area contributed by atoms with Crippen LogP contribution in [-0.2, 0) is 16.1 Å². The molecular formula is C23H21N3O3S. The number of carbonyl (C=O) groups excluding carboxylic acids is 2. The van der Waals surface area contributed by atoms with E-state index in [1.165, 1.54) is 11.3 Å². The smallest absolute Gasteiger partial charge is 0.349 e. The second-order valence-electron chi connectivity index (χ2n) is 6.96. The van der Waals surface area contributed by atoms with Crippen molar-refractivity contribution >= 4 is 39.1 Å². The summed E-state index contributed by atoms with van der Waals surface area (Å²) in [6, 6.07) is 20.9. The maximum atomic E-state index is 12.6. The van der Waals surface area contributed by atoms with Crippen molar-refractivity contribution in [1.82, 2.24) is 9.78 Å². The van der Waals surface area contributed by atoms with Crippen LogP contribution in [0.5, 0.6) is 0 Å². The number of esters is 1. The number of aryl methyl sites for hydroxylation is 1. The van der Waals surface area contributed by atoms with Gasteiger partial charge < -0.3 is 10.1 Å². The van der Waals surface area contributed by atoms with E-state index in [0.717, 1.165) is 21.5 Å². The Kier molecular flexibility index (Phi) is 5.63. The van der Waals surface area contributed by atoms with E-state index < -0.39 is 12.1 Å². The number of nitrogens with zero attached hydrogens (tertiary/aromatic N) is 2. The van der Waals surface area contributed by atoms with Crippen molar-refractivity contribution in [2.24, 2.45) is 0 Å². The zero-order valence-corrected chi connectivity index (χ0v) is 17.5. The minimum atomic E-state index is -0.912. The third kappa shape index (κ3) is 4.26. The SMILES string of the molecule is Cc1nn(Cc2ccccc2)c2sc(C(=O)OC(C)C(=O)Nc3ccccc3)cc12. The predicted molar refractivity (Wildman–Crippen MR) is 118 cm³/mol. The van der Waals surface area contributed by atoms with Gasteiger partial charge in [-0.3, -0.25) is 9.48 Å². The van der Waals surface area contributed by atoms with Crippen molar-refractivity contribution in [1.29, 1.82) is 0 Å². The zero-order valence-electron chi connectivity index (χ0n) is 16.7. The molecule has 0 aliphatic carbocycles. The highest BCUT2D eigenvalue weighted by molar-refractivity contribution is 7.20. The standard InChI is InChI=1S/C23H21N3O3S/c1-15-19-13-20(30-22(19)26(25-15)14-17-9-5-3-6-10-17)23(28)29-16(2)21(27)24-18-11-7-4-8-12-18/h3-13,16H,14H2,1-2H3,(H,24,27). The average molecular weight is 420 g/mol. The molecule has 2 heterocycles. The normalized spacial score (nSPS) is 11.9. The molecule has 0 aliphatic heterocycles. The first-order valence-corrected chi connectivity index (χ1v) is 10.4. The van der Waals surface area contributed by atoms with Crippen LogP contribution in [0.3, 0.4) is 0 Å². The monoisotopic (exact) mass is 419 g/mol. The number of hydrogen-bond acceptors (Lipinski definition) is 5. The summed E-state index contributed by atoms with van der Waals surface area (Å²) >= 11 is 1.32. The number of hydrogen-bond donors (Lipinski definition) is 1. The van der Waals surface area contributed by atoms with Gasteiger partial charge in [-0.1, -0.05) is 48.5 Å². The van der Waals surface area contributed by atoms with Crippen molar-refractivity contribution in [3.8, 4) is 0 Å². The summed E-state index contributed by atoms with van der Waals surface area (Å²) in [5, 5.41) is 8.25. The third-order valence-electron chi connectivity index (χ3n) is 4.68. The van der Waals surface area contributed by atoms with Gasteiger partial charge in [0.05, 0.1) is 12.2 Å². The fourth-order valence-electron chi connectivity index (χ4n) is 3.11. The molecule has 0 bridgehead atoms. The summed E-state index contributed by atoms with van der Waals surface area (Å²) in [5.74, 6) is -0.889. The number of fused-ring (bicyclic) bond motifs is 1. The molecule has 2 aromatic carbocycles. The van der Waals surface area contributed by atoms with Crippen LogP contribution in [0.15, 0.2) is 66.7 Å². The molecule has 0 fully saturated rings. The Morgan fingerprint density at radius 2 is 1.77 bits per heavy atom. The van der Waals surface area contributed by atoms with E-state index in [-0.39, 0.29) is 5.91 Å². The molecule has 0 saturated carbocycles. The fourth-order valence-corrected chi connectivity index (χ4v) is 4.16. The lowest BCUT2D eigenvalue weighted by Crippen LogP contribution is -2.29. The lowest BCUT2D eigenvalue weighted by molar-refractivity contribution is -0.123. The Morgan fingerprint density at radius 1 is 1.10 bits per heavy atom. The van der Waals surface area contributed by atoms with Crippen LogP contribution in [0.25, 0.3) is 10.2 Å². The molecule has 1 unspecified atom stereocenters. The van der Waals surface area contributed by atoms with Crippen LogP contribution in [0, 0.1) is 6.92 Å². The molecule has 6 nitrogen and oxygen atoms in total. The lowest BCUT2D eigenvalue weighted by atomic mass is 10.2. The van der Waals surface area contributed by atoms with Crippen molar-refractivity contribution in [3.63, 3.8) is 0 Å². The molecule has 0 aliphatic rings. The average Bonchev–Trinajstić information content (AvgIpc) is 3.31. The number of nitrogens with one attached hydrogen (secondary N) is 1. The Bertz CT molecular complexity index is 1180. The molecule has 0 spiro atoms. The first-order valence-electron chi connectivity index (χ1n) is 9.59. The van der Waals surface area contributed by atoms with E-state index >= 15 is 0 Å². The van der Waals surface area contributed by atoms with Gasteiger partial charge in [-0.05, 0) is 37.6 Å². The van der Waals surface area contributed by atoms with Gasteiger partial charge in [0, 0.05) is 11.1 Å². The van der Waals surface area contributed by atoms with Crippen LogP contribution in [0.1, 0.15) is 27.9 Å². The minimum absolute atomic E-state index is 0.373. The van der Waals surface area contributed by atoms with E-state index in [1.807, 2.05) is 60.1 Å². The number of ether oxygens (including phenoxy) is 1. The van der Waals surface area contributed by atoms with Crippen molar-refractivity contribution in [2.75, 3.05) is 5.32 Å². The van der Waals surface area contributed by atoms with Crippen LogP contribution in [0.2, 0.25) is 0 Å². The number of carbonyl (C=O) groups is 2. The quantitative estimate of drug-likeness (QED) is 0.462. The highest BCUT2D eigenvalue weighted by Crippen LogP contribution is 2.29. The number of rotatable bonds is 6. The van der Waals surface area contributed by atoms with Gasteiger partial charge in [-0.2, -0.15) is 5.10 Å². The maximum absolute atomic E-state index is 12.6. The topological polar surface area (TPSA) is 73.2 Å².